The Labute approximate surface area is 255 Å². The molecule has 1 aromatic heterocycles. The fourth-order valence-corrected chi connectivity index (χ4v) is 6.43. The standard InChI is InChI=1S/C28H36N4O4S.3ClH/c1-18(2)14-21(5)31-10-12-32(13-11-31)27-17-24(28(33)34)23-16-22(7-8-25(23)29-27)30-37(35,36)26-9-6-19(3)15-20(26)4;;;/h6-9,15-18,21,30H,10-14H2,1-5H3,(H,33,34);3*1H. The zero-order valence-electron chi connectivity index (χ0n) is 23.4. The number of pyridine rings is 1. The summed E-state index contributed by atoms with van der Waals surface area (Å²) < 4.78 is 28.7. The number of fused-ring (bicyclic) bond motifs is 1. The molecule has 0 radical (unpaired) electrons. The van der Waals surface area contributed by atoms with Crippen molar-refractivity contribution in [3.63, 3.8) is 0 Å². The van der Waals surface area contributed by atoms with Crippen LogP contribution in [0.2, 0.25) is 0 Å². The Morgan fingerprint density at radius 3 is 2.20 bits per heavy atom. The highest BCUT2D eigenvalue weighted by atomic mass is 35.5. The Hall–Kier alpha value is -2.30. The first-order valence-electron chi connectivity index (χ1n) is 12.7. The SMILES string of the molecule is Cc1ccc(S(=O)(=O)Nc2ccc3nc(N4CCN(C(C)CC(C)C)CC4)cc(C(=O)O)c3c2)c(C)c1.Cl.Cl.Cl. The van der Waals surface area contributed by atoms with E-state index in [9.17, 15) is 18.3 Å². The highest BCUT2D eigenvalue weighted by Crippen LogP contribution is 2.29. The first-order valence-corrected chi connectivity index (χ1v) is 14.2. The van der Waals surface area contributed by atoms with Crippen LogP contribution < -0.4 is 9.62 Å². The minimum atomic E-state index is -3.84. The predicted octanol–water partition coefficient (Wildman–Crippen LogP) is 6.17. The van der Waals surface area contributed by atoms with Gasteiger partial charge in [-0.15, -0.1) is 37.2 Å². The summed E-state index contributed by atoms with van der Waals surface area (Å²) in [6.07, 6.45) is 1.15. The molecule has 1 aliphatic rings. The molecule has 0 amide bonds. The van der Waals surface area contributed by atoms with Gasteiger partial charge in [0.15, 0.2) is 0 Å². The maximum absolute atomic E-state index is 13.0. The van der Waals surface area contributed by atoms with E-state index in [1.807, 2.05) is 13.0 Å². The highest BCUT2D eigenvalue weighted by Gasteiger charge is 2.24. The third-order valence-corrected chi connectivity index (χ3v) is 8.51. The molecule has 1 unspecified atom stereocenters. The van der Waals surface area contributed by atoms with Crippen LogP contribution in [0.5, 0.6) is 0 Å². The average molecular weight is 634 g/mol. The minimum Gasteiger partial charge on any atom is -0.478 e. The molecule has 222 valence electrons. The molecule has 1 saturated heterocycles. The third-order valence-electron chi connectivity index (χ3n) is 6.97. The van der Waals surface area contributed by atoms with Gasteiger partial charge in [0.25, 0.3) is 10.0 Å². The molecule has 2 heterocycles. The lowest BCUT2D eigenvalue weighted by Crippen LogP contribution is -2.50. The molecule has 1 atom stereocenters. The number of aromatic carboxylic acids is 1. The van der Waals surface area contributed by atoms with E-state index < -0.39 is 16.0 Å². The number of piperazine rings is 1. The van der Waals surface area contributed by atoms with Crippen LogP contribution in [0.4, 0.5) is 11.5 Å². The van der Waals surface area contributed by atoms with Crippen LogP contribution in [0.1, 0.15) is 48.7 Å². The van der Waals surface area contributed by atoms with Gasteiger partial charge in [-0.25, -0.2) is 18.2 Å². The van der Waals surface area contributed by atoms with Crippen LogP contribution in [0, 0.1) is 19.8 Å². The van der Waals surface area contributed by atoms with Crippen LogP contribution >= 0.6 is 37.2 Å². The van der Waals surface area contributed by atoms with Gasteiger partial charge in [-0.3, -0.25) is 9.62 Å². The fraction of sp³-hybridized carbons (Fsp3) is 0.429. The van der Waals surface area contributed by atoms with E-state index in [0.717, 1.165) is 38.2 Å². The average Bonchev–Trinajstić information content (AvgIpc) is 2.82. The maximum atomic E-state index is 13.0. The molecule has 1 aliphatic heterocycles. The number of halogens is 3. The van der Waals surface area contributed by atoms with E-state index in [0.29, 0.717) is 34.2 Å². The van der Waals surface area contributed by atoms with Crippen molar-refractivity contribution in [2.75, 3.05) is 35.8 Å². The van der Waals surface area contributed by atoms with Crippen molar-refractivity contribution in [3.05, 3.63) is 59.2 Å². The first-order chi connectivity index (χ1) is 17.4. The van der Waals surface area contributed by atoms with Crippen LogP contribution in [0.3, 0.4) is 0 Å². The summed E-state index contributed by atoms with van der Waals surface area (Å²) in [4.78, 5) is 21.7. The Bertz CT molecular complexity index is 1430. The molecule has 0 saturated carbocycles. The van der Waals surface area contributed by atoms with Gasteiger partial charge < -0.3 is 10.0 Å². The number of carboxylic acid groups (broad SMARTS) is 1. The Balaban J connectivity index is 0.00000267. The van der Waals surface area contributed by atoms with Crippen molar-refractivity contribution in [1.29, 1.82) is 0 Å². The van der Waals surface area contributed by atoms with Crippen molar-refractivity contribution >= 4 is 75.6 Å². The second-order valence-corrected chi connectivity index (χ2v) is 12.1. The fourth-order valence-electron chi connectivity index (χ4n) is 5.15. The van der Waals surface area contributed by atoms with Crippen molar-refractivity contribution in [1.82, 2.24) is 9.88 Å². The maximum Gasteiger partial charge on any atom is 0.336 e. The number of hydrogen-bond acceptors (Lipinski definition) is 6. The van der Waals surface area contributed by atoms with Crippen molar-refractivity contribution < 1.29 is 18.3 Å². The number of carbonyl (C=O) groups is 1. The van der Waals surface area contributed by atoms with Crippen LogP contribution in [-0.2, 0) is 10.0 Å². The van der Waals surface area contributed by atoms with Gasteiger partial charge in [-0.2, -0.15) is 0 Å². The normalized spacial score (nSPS) is 14.6. The summed E-state index contributed by atoms with van der Waals surface area (Å²) in [5.41, 5.74) is 2.52. The molecule has 12 heteroatoms. The summed E-state index contributed by atoms with van der Waals surface area (Å²) in [5.74, 6) is 0.195. The second-order valence-electron chi connectivity index (χ2n) is 10.4. The number of rotatable bonds is 8. The van der Waals surface area contributed by atoms with Gasteiger partial charge in [0.05, 0.1) is 16.0 Å². The number of sulfonamides is 1. The lowest BCUT2D eigenvalue weighted by molar-refractivity contribution is 0.0699. The van der Waals surface area contributed by atoms with Crippen molar-refractivity contribution in [2.24, 2.45) is 5.92 Å². The lowest BCUT2D eigenvalue weighted by Gasteiger charge is -2.39. The van der Waals surface area contributed by atoms with Crippen molar-refractivity contribution in [2.45, 2.75) is 52.0 Å². The van der Waals surface area contributed by atoms with Gasteiger partial charge >= 0.3 is 5.97 Å². The Morgan fingerprint density at radius 1 is 0.975 bits per heavy atom. The van der Waals surface area contributed by atoms with Crippen LogP contribution in [0.15, 0.2) is 47.4 Å². The quantitative estimate of drug-likeness (QED) is 0.306. The molecule has 4 rings (SSSR count). The topological polar surface area (TPSA) is 103 Å². The molecular formula is C28H39Cl3N4O4S. The number of aromatic nitrogens is 1. The summed E-state index contributed by atoms with van der Waals surface area (Å²) in [6.45, 7) is 13.7. The molecule has 3 aromatic rings. The van der Waals surface area contributed by atoms with E-state index in [1.165, 1.54) is 0 Å². The molecule has 0 spiro atoms. The summed E-state index contributed by atoms with van der Waals surface area (Å²) in [7, 11) is -3.84. The van der Waals surface area contributed by atoms with Crippen LogP contribution in [0.25, 0.3) is 10.9 Å². The second kappa shape index (κ2) is 14.5. The molecular weight excluding hydrogens is 595 g/mol. The molecule has 2 aromatic carbocycles. The number of nitrogens with one attached hydrogen (secondary N) is 1. The Morgan fingerprint density at radius 2 is 1.62 bits per heavy atom. The van der Waals surface area contributed by atoms with Gasteiger partial charge in [-0.1, -0.05) is 31.5 Å². The monoisotopic (exact) mass is 632 g/mol. The number of anilines is 2. The zero-order valence-corrected chi connectivity index (χ0v) is 26.6. The van der Waals surface area contributed by atoms with Crippen molar-refractivity contribution in [3.8, 4) is 0 Å². The van der Waals surface area contributed by atoms with Gasteiger partial charge in [0.2, 0.25) is 0 Å². The van der Waals surface area contributed by atoms with Gasteiger partial charge in [-0.05, 0) is 69.0 Å². The summed E-state index contributed by atoms with van der Waals surface area (Å²) >= 11 is 0. The third kappa shape index (κ3) is 8.13. The minimum absolute atomic E-state index is 0. The molecule has 8 nitrogen and oxygen atoms in total. The van der Waals surface area contributed by atoms with E-state index >= 15 is 0 Å². The molecule has 0 aliphatic carbocycles. The van der Waals surface area contributed by atoms with Gasteiger partial charge in [0.1, 0.15) is 5.82 Å². The zero-order chi connectivity index (χ0) is 26.9. The van der Waals surface area contributed by atoms with E-state index in [4.69, 9.17) is 4.98 Å². The number of carboxylic acids is 1. The smallest absolute Gasteiger partial charge is 0.336 e. The molecule has 0 bridgehead atoms. The molecule has 2 N–H and O–H groups in total. The highest BCUT2D eigenvalue weighted by molar-refractivity contribution is 7.92. The number of aryl methyl sites for hydroxylation is 2. The summed E-state index contributed by atoms with van der Waals surface area (Å²) in [5, 5.41) is 10.4. The number of benzene rings is 2. The first kappa shape index (κ1) is 35.7. The summed E-state index contributed by atoms with van der Waals surface area (Å²) in [6, 6.07) is 12.1. The van der Waals surface area contributed by atoms with E-state index in [1.54, 1.807) is 43.3 Å². The van der Waals surface area contributed by atoms with E-state index in [2.05, 4.69) is 35.3 Å². The van der Waals surface area contributed by atoms with E-state index in [-0.39, 0.29) is 53.4 Å². The number of nitrogens with zero attached hydrogens (tertiary/aromatic N) is 3. The number of hydrogen-bond donors (Lipinski definition) is 2. The lowest BCUT2D eigenvalue weighted by atomic mass is 10.0. The largest absolute Gasteiger partial charge is 0.478 e. The molecule has 40 heavy (non-hydrogen) atoms. The molecule has 1 fully saturated rings. The Kier molecular flexibility index (Phi) is 13.0. The van der Waals surface area contributed by atoms with Gasteiger partial charge in [0, 0.05) is 43.3 Å². The predicted molar refractivity (Wildman–Crippen MR) is 170 cm³/mol. The van der Waals surface area contributed by atoms with Crippen LogP contribution in [-0.4, -0.2) is 61.6 Å².